The lowest BCUT2D eigenvalue weighted by Gasteiger charge is -2.44. The van der Waals surface area contributed by atoms with E-state index in [-0.39, 0.29) is 41.4 Å². The van der Waals surface area contributed by atoms with Gasteiger partial charge in [-0.15, -0.1) is 0 Å². The molecule has 3 fully saturated rings. The minimum absolute atomic E-state index is 0.0107. The van der Waals surface area contributed by atoms with Gasteiger partial charge in [0.2, 0.25) is 17.8 Å². The van der Waals surface area contributed by atoms with Gasteiger partial charge in [0, 0.05) is 61.0 Å². The van der Waals surface area contributed by atoms with Crippen molar-refractivity contribution < 1.29 is 23.2 Å². The summed E-state index contributed by atoms with van der Waals surface area (Å²) in [6.07, 6.45) is 6.65. The van der Waals surface area contributed by atoms with Gasteiger partial charge in [-0.2, -0.15) is 0 Å². The zero-order chi connectivity index (χ0) is 39.8. The molecule has 3 saturated heterocycles. The molecule has 1 unspecified atom stereocenters. The van der Waals surface area contributed by atoms with Crippen LogP contribution in [0.15, 0.2) is 60.9 Å². The molecular weight excluding hydrogens is 731 g/mol. The van der Waals surface area contributed by atoms with E-state index in [0.29, 0.717) is 46.5 Å². The number of carbonyl (C=O) groups excluding carboxylic acids is 3. The highest BCUT2D eigenvalue weighted by molar-refractivity contribution is 6.03. The van der Waals surface area contributed by atoms with Gasteiger partial charge < -0.3 is 25.0 Å². The second kappa shape index (κ2) is 16.0. The Morgan fingerprint density at radius 1 is 0.930 bits per heavy atom. The van der Waals surface area contributed by atoms with Crippen LogP contribution in [0, 0.1) is 30.4 Å². The average molecular weight is 777 g/mol. The maximum absolute atomic E-state index is 15.1. The SMILES string of the molecule is Cc1nc2c(F)cc(-c3nc(Nc4ccc(CC5CCN(CC6CN(c7ccc(C(=O)NC8CCC(=O)NC8=O)cc7)C6)CC5)cn4)ncc3F)cc2n1C(C)C. The number of halogens is 2. The van der Waals surface area contributed by atoms with Crippen molar-refractivity contribution in [2.75, 3.05) is 42.9 Å². The molecule has 3 aliphatic heterocycles. The zero-order valence-electron chi connectivity index (χ0n) is 32.3. The van der Waals surface area contributed by atoms with E-state index in [0.717, 1.165) is 69.4 Å². The van der Waals surface area contributed by atoms with Gasteiger partial charge in [0.1, 0.15) is 28.9 Å². The van der Waals surface area contributed by atoms with Gasteiger partial charge in [-0.05, 0) is 113 Å². The second-order valence-electron chi connectivity index (χ2n) is 15.8. The van der Waals surface area contributed by atoms with Gasteiger partial charge in [-0.3, -0.25) is 19.7 Å². The molecular formula is C42H46F2N10O3. The van der Waals surface area contributed by atoms with E-state index in [2.05, 4.69) is 45.7 Å². The molecule has 15 heteroatoms. The number of amides is 3. The molecule has 296 valence electrons. The van der Waals surface area contributed by atoms with Crippen molar-refractivity contribution in [3.8, 4) is 11.3 Å². The van der Waals surface area contributed by atoms with Gasteiger partial charge in [-0.1, -0.05) is 6.07 Å². The Kier molecular flexibility index (Phi) is 10.7. The summed E-state index contributed by atoms with van der Waals surface area (Å²) in [5, 5.41) is 8.06. The van der Waals surface area contributed by atoms with Crippen LogP contribution in [0.3, 0.4) is 0 Å². The smallest absolute Gasteiger partial charge is 0.251 e. The highest BCUT2D eigenvalue weighted by Gasteiger charge is 2.31. The number of imide groups is 1. The molecule has 0 spiro atoms. The van der Waals surface area contributed by atoms with Crippen LogP contribution in [-0.2, 0) is 16.0 Å². The van der Waals surface area contributed by atoms with E-state index in [9.17, 15) is 14.4 Å². The molecule has 6 heterocycles. The van der Waals surface area contributed by atoms with Crippen LogP contribution < -0.4 is 20.9 Å². The summed E-state index contributed by atoms with van der Waals surface area (Å²) in [6.45, 7) is 10.9. The van der Waals surface area contributed by atoms with Crippen molar-refractivity contribution in [1.29, 1.82) is 0 Å². The fourth-order valence-electron chi connectivity index (χ4n) is 8.29. The summed E-state index contributed by atoms with van der Waals surface area (Å²) >= 11 is 0. The van der Waals surface area contributed by atoms with Crippen molar-refractivity contribution in [3.05, 3.63) is 89.5 Å². The Labute approximate surface area is 329 Å². The summed E-state index contributed by atoms with van der Waals surface area (Å²) < 4.78 is 32.0. The average Bonchev–Trinajstić information content (AvgIpc) is 3.53. The number of nitrogens with one attached hydrogen (secondary N) is 3. The van der Waals surface area contributed by atoms with E-state index >= 15 is 8.78 Å². The van der Waals surface area contributed by atoms with Crippen molar-refractivity contribution in [2.24, 2.45) is 11.8 Å². The van der Waals surface area contributed by atoms with E-state index < -0.39 is 23.6 Å². The van der Waals surface area contributed by atoms with E-state index in [1.54, 1.807) is 18.2 Å². The molecule has 2 aromatic carbocycles. The third kappa shape index (κ3) is 8.34. The summed E-state index contributed by atoms with van der Waals surface area (Å²) in [6, 6.07) is 13.7. The number of pyridine rings is 1. The molecule has 0 radical (unpaired) electrons. The van der Waals surface area contributed by atoms with Gasteiger partial charge in [0.15, 0.2) is 11.6 Å². The van der Waals surface area contributed by atoms with Crippen LogP contribution >= 0.6 is 0 Å². The molecule has 3 aromatic heterocycles. The Balaban J connectivity index is 0.785. The molecule has 3 aliphatic rings. The van der Waals surface area contributed by atoms with Crippen molar-refractivity contribution in [2.45, 2.75) is 65.0 Å². The second-order valence-corrected chi connectivity index (χ2v) is 15.8. The number of benzene rings is 2. The Bertz CT molecular complexity index is 2300. The van der Waals surface area contributed by atoms with E-state index in [1.807, 2.05) is 55.8 Å². The number of aryl methyl sites for hydroxylation is 1. The van der Waals surface area contributed by atoms with Gasteiger partial charge >= 0.3 is 0 Å². The lowest BCUT2D eigenvalue weighted by Crippen LogP contribution is -2.52. The molecule has 13 nitrogen and oxygen atoms in total. The Hall–Kier alpha value is -5.83. The third-order valence-electron chi connectivity index (χ3n) is 11.3. The lowest BCUT2D eigenvalue weighted by molar-refractivity contribution is -0.134. The normalized spacial score (nSPS) is 18.2. The summed E-state index contributed by atoms with van der Waals surface area (Å²) in [5.41, 5.74) is 3.82. The fourth-order valence-corrected chi connectivity index (χ4v) is 8.29. The van der Waals surface area contributed by atoms with E-state index in [4.69, 9.17) is 0 Å². The number of fused-ring (bicyclic) bond motifs is 1. The topological polar surface area (TPSA) is 150 Å². The first kappa shape index (κ1) is 38.1. The van der Waals surface area contributed by atoms with Gasteiger partial charge in [0.25, 0.3) is 5.91 Å². The summed E-state index contributed by atoms with van der Waals surface area (Å²) in [4.78, 5) is 58.4. The van der Waals surface area contributed by atoms with Gasteiger partial charge in [-0.25, -0.2) is 28.7 Å². The minimum atomic E-state index is -0.695. The first-order valence-corrected chi connectivity index (χ1v) is 19.6. The molecule has 57 heavy (non-hydrogen) atoms. The highest BCUT2D eigenvalue weighted by atomic mass is 19.1. The number of anilines is 3. The first-order valence-electron chi connectivity index (χ1n) is 19.6. The fraction of sp³-hybridized carbons (Fsp3) is 0.405. The van der Waals surface area contributed by atoms with Gasteiger partial charge in [0.05, 0.1) is 11.7 Å². The molecule has 3 amide bonds. The third-order valence-corrected chi connectivity index (χ3v) is 11.3. The van der Waals surface area contributed by atoms with Crippen molar-refractivity contribution in [3.63, 3.8) is 0 Å². The number of hydrogen-bond acceptors (Lipinski definition) is 10. The minimum Gasteiger partial charge on any atom is -0.371 e. The summed E-state index contributed by atoms with van der Waals surface area (Å²) in [5.74, 6) is 0.246. The molecule has 0 bridgehead atoms. The quantitative estimate of drug-likeness (QED) is 0.142. The standard InChI is InChI=1S/C42H46F2N10O3/c1-24(2)54-25(3)47-39-32(43)17-30(18-35(39)54)38-33(44)20-46-42(51-38)49-36-10-4-27(19-45-36)16-26-12-14-52(15-13-26)21-28-22-53(23-28)31-7-5-29(6-8-31)40(56)48-34-9-11-37(55)50-41(34)57/h4-8,10,17-20,24,26,28,34H,9,11-16,21-23H2,1-3H3,(H,48,56)(H,50,55,57)(H,45,46,49,51). The van der Waals surface area contributed by atoms with Crippen LogP contribution in [0.1, 0.15) is 67.3 Å². The predicted octanol–water partition coefficient (Wildman–Crippen LogP) is 5.73. The molecule has 8 rings (SSSR count). The number of rotatable bonds is 11. The van der Waals surface area contributed by atoms with Crippen LogP contribution in [-0.4, -0.2) is 85.9 Å². The maximum Gasteiger partial charge on any atom is 0.251 e. The number of piperidine rings is 2. The van der Waals surface area contributed by atoms with Crippen LogP contribution in [0.5, 0.6) is 0 Å². The Morgan fingerprint density at radius 3 is 2.40 bits per heavy atom. The van der Waals surface area contributed by atoms with Crippen LogP contribution in [0.25, 0.3) is 22.3 Å². The first-order chi connectivity index (χ1) is 27.5. The largest absolute Gasteiger partial charge is 0.371 e. The number of hydrogen-bond donors (Lipinski definition) is 3. The van der Waals surface area contributed by atoms with Crippen LogP contribution in [0.2, 0.25) is 0 Å². The highest BCUT2D eigenvalue weighted by Crippen LogP contribution is 2.31. The lowest BCUT2D eigenvalue weighted by atomic mass is 9.89. The number of aromatic nitrogens is 5. The molecule has 3 N–H and O–H groups in total. The Morgan fingerprint density at radius 2 is 1.70 bits per heavy atom. The van der Waals surface area contributed by atoms with E-state index in [1.165, 1.54) is 6.07 Å². The monoisotopic (exact) mass is 776 g/mol. The van der Waals surface area contributed by atoms with Crippen LogP contribution in [0.4, 0.5) is 26.2 Å². The number of carbonyl (C=O) groups is 3. The molecule has 0 saturated carbocycles. The number of likely N-dealkylation sites (tertiary alicyclic amines) is 1. The van der Waals surface area contributed by atoms with Crippen molar-refractivity contribution in [1.82, 2.24) is 40.0 Å². The number of imidazole rings is 1. The molecule has 1 atom stereocenters. The zero-order valence-corrected chi connectivity index (χ0v) is 32.3. The molecule has 5 aromatic rings. The predicted molar refractivity (Wildman–Crippen MR) is 212 cm³/mol. The number of nitrogens with zero attached hydrogens (tertiary/aromatic N) is 7. The molecule has 0 aliphatic carbocycles. The summed E-state index contributed by atoms with van der Waals surface area (Å²) in [7, 11) is 0. The van der Waals surface area contributed by atoms with Crippen molar-refractivity contribution >= 4 is 46.2 Å². The maximum atomic E-state index is 15.1.